The lowest BCUT2D eigenvalue weighted by Gasteiger charge is -2.40. The molecule has 0 N–H and O–H groups in total. The minimum atomic E-state index is -0.320. The Bertz CT molecular complexity index is 709. The van der Waals surface area contributed by atoms with E-state index in [2.05, 4.69) is 81.5 Å². The van der Waals surface area contributed by atoms with Gasteiger partial charge in [-0.15, -0.1) is 0 Å². The molecular formula is C44H81NO2. The SMILES string of the molecule is CCCCC/C=C\C/C=C\CCCCCCCOC1(OCCCCCCC/C=C\C/C=C\CCCCC)CCC(CCN(C)C)CC1. The first-order valence-electron chi connectivity index (χ1n) is 20.6. The van der Waals surface area contributed by atoms with Gasteiger partial charge < -0.3 is 14.4 Å². The maximum Gasteiger partial charge on any atom is 0.168 e. The van der Waals surface area contributed by atoms with Crippen molar-refractivity contribution in [3.8, 4) is 0 Å². The standard InChI is InChI=1S/C44H81NO2/c1-5-7-9-11-13-15-17-19-21-23-25-27-29-31-33-41-46-44(38-35-43(36-39-44)37-40-45(3)4)47-42-34-32-30-28-26-24-22-20-18-16-14-12-10-8-6-2/h13-16,19-22,43H,5-12,17-18,23-42H2,1-4H3/b15-13-,16-14-,21-19-,22-20-. The smallest absolute Gasteiger partial charge is 0.168 e. The zero-order chi connectivity index (χ0) is 33.9. The number of hydrogen-bond acceptors (Lipinski definition) is 3. The molecule has 0 radical (unpaired) electrons. The molecule has 1 rings (SSSR count). The molecule has 0 aromatic carbocycles. The van der Waals surface area contributed by atoms with Gasteiger partial charge in [0.15, 0.2) is 5.79 Å². The molecule has 0 aliphatic heterocycles. The van der Waals surface area contributed by atoms with E-state index in [9.17, 15) is 0 Å². The lowest BCUT2D eigenvalue weighted by atomic mass is 9.83. The second-order valence-corrected chi connectivity index (χ2v) is 14.6. The number of rotatable bonds is 33. The summed E-state index contributed by atoms with van der Waals surface area (Å²) in [5.41, 5.74) is 0. The van der Waals surface area contributed by atoms with E-state index in [0.29, 0.717) is 0 Å². The molecule has 3 heteroatoms. The van der Waals surface area contributed by atoms with Crippen LogP contribution in [0, 0.1) is 5.92 Å². The van der Waals surface area contributed by atoms with Crippen molar-refractivity contribution in [3.05, 3.63) is 48.6 Å². The maximum absolute atomic E-state index is 6.62. The molecule has 1 saturated carbocycles. The van der Waals surface area contributed by atoms with Crippen LogP contribution >= 0.6 is 0 Å². The number of nitrogens with zero attached hydrogens (tertiary/aromatic N) is 1. The summed E-state index contributed by atoms with van der Waals surface area (Å²) >= 11 is 0. The Morgan fingerprint density at radius 2 is 0.894 bits per heavy atom. The highest BCUT2D eigenvalue weighted by Gasteiger charge is 2.37. The van der Waals surface area contributed by atoms with Crippen molar-refractivity contribution in [2.75, 3.05) is 33.9 Å². The second kappa shape index (κ2) is 33.3. The molecule has 0 saturated heterocycles. The highest BCUT2D eigenvalue weighted by atomic mass is 16.7. The first-order valence-corrected chi connectivity index (χ1v) is 20.6. The molecule has 0 atom stereocenters. The molecule has 1 fully saturated rings. The van der Waals surface area contributed by atoms with Crippen molar-refractivity contribution < 1.29 is 9.47 Å². The number of ether oxygens (including phenoxy) is 2. The lowest BCUT2D eigenvalue weighted by molar-refractivity contribution is -0.257. The number of allylic oxidation sites excluding steroid dienone is 8. The minimum absolute atomic E-state index is 0.320. The van der Waals surface area contributed by atoms with Crippen LogP contribution in [-0.4, -0.2) is 44.5 Å². The zero-order valence-corrected chi connectivity index (χ0v) is 32.2. The van der Waals surface area contributed by atoms with Crippen LogP contribution in [0.5, 0.6) is 0 Å². The molecule has 0 aromatic rings. The topological polar surface area (TPSA) is 21.7 Å². The summed E-state index contributed by atoms with van der Waals surface area (Å²) in [5, 5.41) is 0. The second-order valence-electron chi connectivity index (χ2n) is 14.6. The molecule has 47 heavy (non-hydrogen) atoms. The maximum atomic E-state index is 6.62. The molecule has 1 aliphatic rings. The molecule has 0 aromatic heterocycles. The van der Waals surface area contributed by atoms with Crippen molar-refractivity contribution in [1.82, 2.24) is 4.90 Å². The Kier molecular flexibility index (Phi) is 31.1. The van der Waals surface area contributed by atoms with E-state index in [4.69, 9.17) is 9.47 Å². The molecule has 0 bridgehead atoms. The Morgan fingerprint density at radius 1 is 0.511 bits per heavy atom. The van der Waals surface area contributed by atoms with Crippen LogP contribution in [0.4, 0.5) is 0 Å². The predicted octanol–water partition coefficient (Wildman–Crippen LogP) is 13.7. The van der Waals surface area contributed by atoms with E-state index in [1.807, 2.05) is 0 Å². The Hall–Kier alpha value is -1.16. The largest absolute Gasteiger partial charge is 0.350 e. The van der Waals surface area contributed by atoms with Gasteiger partial charge in [0.1, 0.15) is 0 Å². The van der Waals surface area contributed by atoms with Gasteiger partial charge in [0.25, 0.3) is 0 Å². The van der Waals surface area contributed by atoms with Gasteiger partial charge in [-0.25, -0.2) is 0 Å². The molecule has 1 aliphatic carbocycles. The summed E-state index contributed by atoms with van der Waals surface area (Å²) in [7, 11) is 4.38. The molecule has 0 spiro atoms. The third-order valence-corrected chi connectivity index (χ3v) is 9.77. The Morgan fingerprint density at radius 3 is 1.30 bits per heavy atom. The molecule has 0 amide bonds. The third-order valence-electron chi connectivity index (χ3n) is 9.77. The van der Waals surface area contributed by atoms with Gasteiger partial charge in [-0.2, -0.15) is 0 Å². The van der Waals surface area contributed by atoms with Crippen LogP contribution < -0.4 is 0 Å². The van der Waals surface area contributed by atoms with Crippen LogP contribution in [0.1, 0.15) is 187 Å². The summed E-state index contributed by atoms with van der Waals surface area (Å²) in [5.74, 6) is 0.503. The van der Waals surface area contributed by atoms with E-state index in [1.165, 1.54) is 141 Å². The van der Waals surface area contributed by atoms with E-state index in [-0.39, 0.29) is 5.79 Å². The number of hydrogen-bond donors (Lipinski definition) is 0. The van der Waals surface area contributed by atoms with Crippen LogP contribution in [0.3, 0.4) is 0 Å². The van der Waals surface area contributed by atoms with Gasteiger partial charge in [0.2, 0.25) is 0 Å². The first kappa shape index (κ1) is 43.9. The summed E-state index contributed by atoms with van der Waals surface area (Å²) < 4.78 is 13.2. The van der Waals surface area contributed by atoms with E-state index in [1.54, 1.807) is 0 Å². The molecular weight excluding hydrogens is 574 g/mol. The highest BCUT2D eigenvalue weighted by molar-refractivity contribution is 4.93. The van der Waals surface area contributed by atoms with Gasteiger partial charge in [0, 0.05) is 12.8 Å². The summed E-state index contributed by atoms with van der Waals surface area (Å²) in [6, 6.07) is 0. The summed E-state index contributed by atoms with van der Waals surface area (Å²) in [6.45, 7) is 7.44. The molecule has 0 unspecified atom stereocenters. The van der Waals surface area contributed by atoms with Crippen molar-refractivity contribution in [1.29, 1.82) is 0 Å². The van der Waals surface area contributed by atoms with Gasteiger partial charge in [-0.3, -0.25) is 0 Å². The zero-order valence-electron chi connectivity index (χ0n) is 32.2. The Labute approximate surface area is 295 Å². The van der Waals surface area contributed by atoms with Crippen LogP contribution in [0.2, 0.25) is 0 Å². The van der Waals surface area contributed by atoms with Crippen molar-refractivity contribution in [2.45, 2.75) is 193 Å². The first-order chi connectivity index (χ1) is 23.1. The number of unbranched alkanes of at least 4 members (excludes halogenated alkanes) is 16. The summed E-state index contributed by atoms with van der Waals surface area (Å²) in [4.78, 5) is 2.32. The average Bonchev–Trinajstić information content (AvgIpc) is 3.07. The van der Waals surface area contributed by atoms with Crippen LogP contribution in [-0.2, 0) is 9.47 Å². The highest BCUT2D eigenvalue weighted by Crippen LogP contribution is 2.38. The average molecular weight is 656 g/mol. The normalized spacial score (nSPS) is 15.9. The fraction of sp³-hybridized carbons (Fsp3) is 0.818. The van der Waals surface area contributed by atoms with Crippen LogP contribution in [0.25, 0.3) is 0 Å². The fourth-order valence-electron chi connectivity index (χ4n) is 6.52. The summed E-state index contributed by atoms with van der Waals surface area (Å²) in [6.07, 6.45) is 52.7. The quantitative estimate of drug-likeness (QED) is 0.0399. The van der Waals surface area contributed by atoms with Crippen molar-refractivity contribution in [3.63, 3.8) is 0 Å². The van der Waals surface area contributed by atoms with E-state index >= 15 is 0 Å². The minimum Gasteiger partial charge on any atom is -0.350 e. The molecule has 274 valence electrons. The molecule has 3 nitrogen and oxygen atoms in total. The molecule has 0 heterocycles. The van der Waals surface area contributed by atoms with Crippen LogP contribution in [0.15, 0.2) is 48.6 Å². The van der Waals surface area contributed by atoms with E-state index < -0.39 is 0 Å². The van der Waals surface area contributed by atoms with Gasteiger partial charge >= 0.3 is 0 Å². The third kappa shape index (κ3) is 28.4. The Balaban J connectivity index is 2.19. The van der Waals surface area contributed by atoms with E-state index in [0.717, 1.165) is 57.7 Å². The fourth-order valence-corrected chi connectivity index (χ4v) is 6.52. The van der Waals surface area contributed by atoms with Gasteiger partial charge in [0.05, 0.1) is 13.2 Å². The lowest BCUT2D eigenvalue weighted by Crippen LogP contribution is -2.41. The predicted molar refractivity (Wildman–Crippen MR) is 209 cm³/mol. The van der Waals surface area contributed by atoms with Gasteiger partial charge in [-0.1, -0.05) is 127 Å². The van der Waals surface area contributed by atoms with Crippen molar-refractivity contribution in [2.24, 2.45) is 5.92 Å². The monoisotopic (exact) mass is 656 g/mol. The van der Waals surface area contributed by atoms with Crippen molar-refractivity contribution >= 4 is 0 Å². The van der Waals surface area contributed by atoms with Gasteiger partial charge in [-0.05, 0) is 123 Å².